The minimum absolute atomic E-state index is 0.350. The normalized spacial score (nSPS) is 22.5. The molecule has 0 bridgehead atoms. The van der Waals surface area contributed by atoms with E-state index in [0.29, 0.717) is 23.7 Å². The molecule has 2 atom stereocenters. The van der Waals surface area contributed by atoms with Crippen molar-refractivity contribution < 1.29 is 14.6 Å². The van der Waals surface area contributed by atoms with Gasteiger partial charge in [0.05, 0.1) is 18.6 Å². The second kappa shape index (κ2) is 4.16. The maximum Gasteiger partial charge on any atom is 0.312 e. The second-order valence-corrected chi connectivity index (χ2v) is 3.81. The third kappa shape index (κ3) is 2.11. The summed E-state index contributed by atoms with van der Waals surface area (Å²) in [4.78, 5) is 15.1. The van der Waals surface area contributed by atoms with E-state index in [0.717, 1.165) is 0 Å². The number of rotatable bonds is 2. The average molecular weight is 228 g/mol. The Morgan fingerprint density at radius 2 is 2.40 bits per heavy atom. The Bertz CT molecular complexity index is 365. The lowest BCUT2D eigenvalue weighted by Crippen LogP contribution is -2.17. The van der Waals surface area contributed by atoms with E-state index in [2.05, 4.69) is 4.98 Å². The van der Waals surface area contributed by atoms with Crippen LogP contribution in [0.25, 0.3) is 0 Å². The lowest BCUT2D eigenvalue weighted by atomic mass is 9.96. The fourth-order valence-electron chi connectivity index (χ4n) is 1.59. The Hall–Kier alpha value is -1.13. The van der Waals surface area contributed by atoms with Crippen molar-refractivity contribution in [3.8, 4) is 0 Å². The van der Waals surface area contributed by atoms with Crippen LogP contribution in [0.15, 0.2) is 18.3 Å². The van der Waals surface area contributed by atoms with Gasteiger partial charge in [0.25, 0.3) is 0 Å². The first kappa shape index (κ1) is 10.4. The van der Waals surface area contributed by atoms with Crippen LogP contribution in [-0.4, -0.2) is 22.7 Å². The third-order valence-corrected chi connectivity index (χ3v) is 2.67. The first-order chi connectivity index (χ1) is 7.18. The minimum Gasteiger partial charge on any atom is -0.465 e. The number of aromatic nitrogens is 1. The molecule has 0 aliphatic carbocycles. The van der Waals surface area contributed by atoms with Crippen molar-refractivity contribution >= 4 is 17.6 Å². The molecule has 0 radical (unpaired) electrons. The number of hydrogen-bond donors (Lipinski definition) is 1. The van der Waals surface area contributed by atoms with Crippen molar-refractivity contribution in [2.24, 2.45) is 5.92 Å². The van der Waals surface area contributed by atoms with E-state index < -0.39 is 12.0 Å². The van der Waals surface area contributed by atoms with Crippen LogP contribution in [0.4, 0.5) is 0 Å². The molecule has 1 saturated heterocycles. The van der Waals surface area contributed by atoms with Crippen LogP contribution in [0.1, 0.15) is 18.1 Å². The molecule has 0 spiro atoms. The van der Waals surface area contributed by atoms with E-state index in [-0.39, 0.29) is 5.97 Å². The monoisotopic (exact) mass is 227 g/mol. The molecule has 4 nitrogen and oxygen atoms in total. The van der Waals surface area contributed by atoms with Gasteiger partial charge in [0.1, 0.15) is 5.15 Å². The predicted molar refractivity (Wildman–Crippen MR) is 53.3 cm³/mol. The summed E-state index contributed by atoms with van der Waals surface area (Å²) in [5, 5.41) is 10.3. The molecule has 1 aliphatic heterocycles. The Kier molecular flexibility index (Phi) is 2.88. The highest BCUT2D eigenvalue weighted by atomic mass is 35.5. The van der Waals surface area contributed by atoms with E-state index in [4.69, 9.17) is 16.3 Å². The number of ether oxygens (including phenoxy) is 1. The minimum atomic E-state index is -0.857. The lowest BCUT2D eigenvalue weighted by molar-refractivity contribution is -0.144. The predicted octanol–water partition coefficient (Wildman–Crippen LogP) is 1.33. The Morgan fingerprint density at radius 3 is 2.93 bits per heavy atom. The number of aliphatic hydroxyl groups is 1. The number of cyclic esters (lactones) is 1. The number of esters is 1. The first-order valence-electron chi connectivity index (χ1n) is 4.64. The van der Waals surface area contributed by atoms with E-state index in [1.807, 2.05) is 0 Å². The zero-order chi connectivity index (χ0) is 10.8. The summed E-state index contributed by atoms with van der Waals surface area (Å²) in [7, 11) is 0. The van der Waals surface area contributed by atoms with Crippen LogP contribution in [-0.2, 0) is 9.53 Å². The number of hydrogen-bond acceptors (Lipinski definition) is 4. The van der Waals surface area contributed by atoms with Gasteiger partial charge in [0.15, 0.2) is 0 Å². The van der Waals surface area contributed by atoms with E-state index in [1.54, 1.807) is 12.1 Å². The molecule has 2 heterocycles. The summed E-state index contributed by atoms with van der Waals surface area (Å²) >= 11 is 5.62. The molecule has 1 fully saturated rings. The second-order valence-electron chi connectivity index (χ2n) is 3.42. The van der Waals surface area contributed by atoms with Gasteiger partial charge < -0.3 is 9.84 Å². The van der Waals surface area contributed by atoms with Gasteiger partial charge in [-0.25, -0.2) is 4.98 Å². The molecule has 2 rings (SSSR count). The van der Waals surface area contributed by atoms with E-state index >= 15 is 0 Å². The fraction of sp³-hybridized carbons (Fsp3) is 0.400. The number of halogens is 1. The third-order valence-electron chi connectivity index (χ3n) is 2.45. The van der Waals surface area contributed by atoms with Gasteiger partial charge in [-0.05, 0) is 18.1 Å². The lowest BCUT2D eigenvalue weighted by Gasteiger charge is -2.14. The summed E-state index contributed by atoms with van der Waals surface area (Å²) in [5.41, 5.74) is 0.586. The Morgan fingerprint density at radius 1 is 1.60 bits per heavy atom. The SMILES string of the molecule is O=C1OCC[C@@H]1[C@H](O)c1ccc(Cl)nc1. The van der Waals surface area contributed by atoms with Gasteiger partial charge >= 0.3 is 5.97 Å². The van der Waals surface area contributed by atoms with Crippen molar-refractivity contribution in [3.05, 3.63) is 29.0 Å². The molecular formula is C10H10ClNO3. The van der Waals surface area contributed by atoms with Crippen molar-refractivity contribution in [1.82, 2.24) is 4.98 Å². The van der Waals surface area contributed by atoms with Gasteiger partial charge in [0, 0.05) is 6.20 Å². The standard InChI is InChI=1S/C10H10ClNO3/c11-8-2-1-6(5-12-8)9(13)7-3-4-15-10(7)14/h1-2,5,7,9,13H,3-4H2/t7-,9-/m1/s1. The van der Waals surface area contributed by atoms with Crippen LogP contribution in [0.5, 0.6) is 0 Å². The largest absolute Gasteiger partial charge is 0.465 e. The van der Waals surface area contributed by atoms with Crippen LogP contribution in [0, 0.1) is 5.92 Å². The molecule has 1 aromatic rings. The maximum absolute atomic E-state index is 11.2. The molecule has 15 heavy (non-hydrogen) atoms. The molecule has 0 saturated carbocycles. The maximum atomic E-state index is 11.2. The first-order valence-corrected chi connectivity index (χ1v) is 5.02. The van der Waals surface area contributed by atoms with E-state index in [1.165, 1.54) is 6.20 Å². The fourth-order valence-corrected chi connectivity index (χ4v) is 1.70. The molecular weight excluding hydrogens is 218 g/mol. The summed E-state index contributed by atoms with van der Waals surface area (Å²) in [6, 6.07) is 3.24. The zero-order valence-corrected chi connectivity index (χ0v) is 8.65. The van der Waals surface area contributed by atoms with Crippen LogP contribution in [0.2, 0.25) is 5.15 Å². The summed E-state index contributed by atoms with van der Waals surface area (Å²) in [5.74, 6) is -0.828. The summed E-state index contributed by atoms with van der Waals surface area (Å²) < 4.78 is 4.79. The number of aliphatic hydroxyl groups excluding tert-OH is 1. The number of pyridine rings is 1. The Balaban J connectivity index is 2.16. The molecule has 80 valence electrons. The molecule has 1 N–H and O–H groups in total. The Labute approximate surface area is 91.8 Å². The highest BCUT2D eigenvalue weighted by Gasteiger charge is 2.34. The van der Waals surface area contributed by atoms with Crippen molar-refractivity contribution in [2.45, 2.75) is 12.5 Å². The van der Waals surface area contributed by atoms with Crippen LogP contribution in [0.3, 0.4) is 0 Å². The van der Waals surface area contributed by atoms with Gasteiger partial charge in [-0.3, -0.25) is 4.79 Å². The molecule has 1 aromatic heterocycles. The van der Waals surface area contributed by atoms with Crippen molar-refractivity contribution in [2.75, 3.05) is 6.61 Å². The van der Waals surface area contributed by atoms with Gasteiger partial charge in [0.2, 0.25) is 0 Å². The highest BCUT2D eigenvalue weighted by molar-refractivity contribution is 6.29. The molecule has 5 heteroatoms. The molecule has 0 unspecified atom stereocenters. The summed E-state index contributed by atoms with van der Waals surface area (Å²) in [6.45, 7) is 0.377. The van der Waals surface area contributed by atoms with Gasteiger partial charge in [-0.1, -0.05) is 17.7 Å². The summed E-state index contributed by atoms with van der Waals surface area (Å²) in [6.07, 6.45) is 1.16. The zero-order valence-electron chi connectivity index (χ0n) is 7.89. The number of carbonyl (C=O) groups excluding carboxylic acids is 1. The quantitative estimate of drug-likeness (QED) is 0.612. The topological polar surface area (TPSA) is 59.4 Å². The van der Waals surface area contributed by atoms with Crippen molar-refractivity contribution in [3.63, 3.8) is 0 Å². The van der Waals surface area contributed by atoms with E-state index in [9.17, 15) is 9.90 Å². The molecule has 1 aliphatic rings. The molecule has 0 aromatic carbocycles. The van der Waals surface area contributed by atoms with Crippen molar-refractivity contribution in [1.29, 1.82) is 0 Å². The number of nitrogens with zero attached hydrogens (tertiary/aromatic N) is 1. The number of carbonyl (C=O) groups is 1. The van der Waals surface area contributed by atoms with Gasteiger partial charge in [-0.2, -0.15) is 0 Å². The van der Waals surface area contributed by atoms with Crippen LogP contribution >= 0.6 is 11.6 Å². The van der Waals surface area contributed by atoms with Crippen LogP contribution < -0.4 is 0 Å². The average Bonchev–Trinajstić information content (AvgIpc) is 2.65. The highest BCUT2D eigenvalue weighted by Crippen LogP contribution is 2.29. The molecule has 0 amide bonds. The van der Waals surface area contributed by atoms with Gasteiger partial charge in [-0.15, -0.1) is 0 Å². The smallest absolute Gasteiger partial charge is 0.312 e.